The number of pyridine rings is 1. The second kappa shape index (κ2) is 5.97. The van der Waals surface area contributed by atoms with E-state index in [1.165, 1.54) is 11.1 Å². The molecule has 0 aliphatic rings. The Morgan fingerprint density at radius 3 is 2.87 bits per heavy atom. The molecule has 0 aliphatic heterocycles. The number of allylic oxidation sites excluding steroid dienone is 5. The highest BCUT2D eigenvalue weighted by Gasteiger charge is 1.87. The van der Waals surface area contributed by atoms with E-state index in [1.807, 2.05) is 38.3 Å². The summed E-state index contributed by atoms with van der Waals surface area (Å²) in [6, 6.07) is 4.08. The summed E-state index contributed by atoms with van der Waals surface area (Å²) in [7, 11) is 0. The first-order valence-electron chi connectivity index (χ1n) is 5.12. The van der Waals surface area contributed by atoms with Gasteiger partial charge in [0.25, 0.3) is 0 Å². The lowest BCUT2D eigenvalue weighted by Gasteiger charge is -1.94. The first kappa shape index (κ1) is 11.4. The van der Waals surface area contributed by atoms with Crippen LogP contribution >= 0.6 is 0 Å². The maximum absolute atomic E-state index is 4.16. The van der Waals surface area contributed by atoms with E-state index < -0.39 is 0 Å². The average molecular weight is 199 g/mol. The van der Waals surface area contributed by atoms with E-state index in [2.05, 4.69) is 36.2 Å². The van der Waals surface area contributed by atoms with Crippen molar-refractivity contribution >= 4 is 6.08 Å². The highest BCUT2D eigenvalue weighted by molar-refractivity contribution is 5.52. The molecule has 0 aromatic carbocycles. The maximum Gasteiger partial charge on any atom is 0.0378 e. The van der Waals surface area contributed by atoms with E-state index in [0.717, 1.165) is 5.69 Å². The average Bonchev–Trinajstić information content (AvgIpc) is 2.23. The van der Waals surface area contributed by atoms with Gasteiger partial charge in [0.1, 0.15) is 0 Å². The molecule has 0 radical (unpaired) electrons. The second-order valence-corrected chi connectivity index (χ2v) is 3.50. The van der Waals surface area contributed by atoms with Crippen LogP contribution in [0.25, 0.3) is 6.08 Å². The van der Waals surface area contributed by atoms with Crippen LogP contribution in [-0.4, -0.2) is 4.98 Å². The van der Waals surface area contributed by atoms with Crippen LogP contribution in [0, 0.1) is 6.92 Å². The molecule has 1 heterocycles. The van der Waals surface area contributed by atoms with Crippen LogP contribution in [0.4, 0.5) is 0 Å². The number of nitrogens with zero attached hydrogens (tertiary/aromatic N) is 1. The zero-order valence-electron chi connectivity index (χ0n) is 9.57. The molecule has 1 aromatic rings. The van der Waals surface area contributed by atoms with Crippen LogP contribution in [0.3, 0.4) is 0 Å². The fraction of sp³-hybridized carbons (Fsp3) is 0.214. The maximum atomic E-state index is 4.16. The molecule has 1 rings (SSSR count). The van der Waals surface area contributed by atoms with Crippen molar-refractivity contribution in [1.82, 2.24) is 4.98 Å². The summed E-state index contributed by atoms with van der Waals surface area (Å²) in [5, 5.41) is 0. The fourth-order valence-corrected chi connectivity index (χ4v) is 1.20. The molecule has 0 fully saturated rings. The Kier molecular flexibility index (Phi) is 4.55. The van der Waals surface area contributed by atoms with Crippen molar-refractivity contribution in [2.75, 3.05) is 0 Å². The van der Waals surface area contributed by atoms with Gasteiger partial charge in [-0.05, 0) is 38.5 Å². The molecule has 0 atom stereocenters. The van der Waals surface area contributed by atoms with Crippen LogP contribution < -0.4 is 0 Å². The lowest BCUT2D eigenvalue weighted by atomic mass is 10.2. The van der Waals surface area contributed by atoms with E-state index in [9.17, 15) is 0 Å². The zero-order chi connectivity index (χ0) is 11.1. The number of rotatable bonds is 3. The molecule has 0 spiro atoms. The lowest BCUT2D eigenvalue weighted by molar-refractivity contribution is 1.20. The summed E-state index contributed by atoms with van der Waals surface area (Å²) in [6.45, 7) is 6.10. The third-order valence-corrected chi connectivity index (χ3v) is 2.01. The summed E-state index contributed by atoms with van der Waals surface area (Å²) in [5.41, 5.74) is 3.48. The largest absolute Gasteiger partial charge is 0.262 e. The molecular weight excluding hydrogens is 182 g/mol. The summed E-state index contributed by atoms with van der Waals surface area (Å²) < 4.78 is 0. The minimum Gasteiger partial charge on any atom is -0.262 e. The van der Waals surface area contributed by atoms with E-state index >= 15 is 0 Å². The summed E-state index contributed by atoms with van der Waals surface area (Å²) in [4.78, 5) is 4.16. The smallest absolute Gasteiger partial charge is 0.0378 e. The van der Waals surface area contributed by atoms with Crippen molar-refractivity contribution in [2.45, 2.75) is 20.8 Å². The van der Waals surface area contributed by atoms with Gasteiger partial charge in [0.15, 0.2) is 0 Å². The highest BCUT2D eigenvalue weighted by atomic mass is 14.6. The lowest BCUT2D eigenvalue weighted by Crippen LogP contribution is -1.80. The van der Waals surface area contributed by atoms with Crippen LogP contribution in [0.2, 0.25) is 0 Å². The standard InChI is InChI=1S/C14H17N/c1-4-5-6-12(2)7-8-14-9-10-15-13(3)11-14/h4-11H,1-3H3/b5-4+,8-7-,12-6-. The summed E-state index contributed by atoms with van der Waals surface area (Å²) >= 11 is 0. The third kappa shape index (κ3) is 4.41. The van der Waals surface area contributed by atoms with E-state index in [4.69, 9.17) is 0 Å². The van der Waals surface area contributed by atoms with Gasteiger partial charge in [-0.3, -0.25) is 4.98 Å². The molecule has 0 saturated carbocycles. The van der Waals surface area contributed by atoms with Crippen LogP contribution in [0.1, 0.15) is 25.1 Å². The molecule has 0 N–H and O–H groups in total. The Balaban J connectivity index is 2.73. The van der Waals surface area contributed by atoms with Crippen molar-refractivity contribution in [3.8, 4) is 0 Å². The molecule has 1 heteroatoms. The van der Waals surface area contributed by atoms with Gasteiger partial charge in [0, 0.05) is 11.9 Å². The Morgan fingerprint density at radius 2 is 2.20 bits per heavy atom. The Labute approximate surface area is 91.9 Å². The van der Waals surface area contributed by atoms with Crippen LogP contribution in [0.15, 0.2) is 48.2 Å². The van der Waals surface area contributed by atoms with Crippen molar-refractivity contribution < 1.29 is 0 Å². The number of hydrogen-bond acceptors (Lipinski definition) is 1. The van der Waals surface area contributed by atoms with Gasteiger partial charge in [-0.2, -0.15) is 0 Å². The Bertz CT molecular complexity index is 398. The van der Waals surface area contributed by atoms with Gasteiger partial charge in [-0.25, -0.2) is 0 Å². The molecule has 0 bridgehead atoms. The Morgan fingerprint density at radius 1 is 1.40 bits per heavy atom. The number of aromatic nitrogens is 1. The summed E-state index contributed by atoms with van der Waals surface area (Å²) in [6.07, 6.45) is 12.2. The van der Waals surface area contributed by atoms with Crippen molar-refractivity contribution in [3.05, 3.63) is 59.5 Å². The molecule has 0 amide bonds. The van der Waals surface area contributed by atoms with Gasteiger partial charge in [0.2, 0.25) is 0 Å². The van der Waals surface area contributed by atoms with E-state index in [-0.39, 0.29) is 0 Å². The van der Waals surface area contributed by atoms with Crippen LogP contribution in [-0.2, 0) is 0 Å². The summed E-state index contributed by atoms with van der Waals surface area (Å²) in [5.74, 6) is 0. The first-order valence-corrected chi connectivity index (χ1v) is 5.12. The van der Waals surface area contributed by atoms with Crippen LogP contribution in [0.5, 0.6) is 0 Å². The topological polar surface area (TPSA) is 12.9 Å². The zero-order valence-corrected chi connectivity index (χ0v) is 9.57. The molecular formula is C14H17N. The Hall–Kier alpha value is -1.63. The molecule has 78 valence electrons. The van der Waals surface area contributed by atoms with Gasteiger partial charge in [0.05, 0.1) is 0 Å². The van der Waals surface area contributed by atoms with Crippen molar-refractivity contribution in [2.24, 2.45) is 0 Å². The first-order chi connectivity index (χ1) is 7.22. The van der Waals surface area contributed by atoms with E-state index in [1.54, 1.807) is 0 Å². The monoisotopic (exact) mass is 199 g/mol. The predicted molar refractivity (Wildman–Crippen MR) is 66.6 cm³/mol. The third-order valence-electron chi connectivity index (χ3n) is 2.01. The minimum atomic E-state index is 1.05. The van der Waals surface area contributed by atoms with Gasteiger partial charge in [-0.15, -0.1) is 0 Å². The van der Waals surface area contributed by atoms with Gasteiger partial charge >= 0.3 is 0 Å². The van der Waals surface area contributed by atoms with Gasteiger partial charge < -0.3 is 0 Å². The molecule has 1 aromatic heterocycles. The molecule has 0 aliphatic carbocycles. The second-order valence-electron chi connectivity index (χ2n) is 3.50. The highest BCUT2D eigenvalue weighted by Crippen LogP contribution is 2.05. The number of hydrogen-bond donors (Lipinski definition) is 0. The fourth-order valence-electron chi connectivity index (χ4n) is 1.20. The van der Waals surface area contributed by atoms with Crippen molar-refractivity contribution in [3.63, 3.8) is 0 Å². The quantitative estimate of drug-likeness (QED) is 0.672. The van der Waals surface area contributed by atoms with Gasteiger partial charge in [-0.1, -0.05) is 36.0 Å². The molecule has 1 nitrogen and oxygen atoms in total. The SMILES string of the molecule is C/C=C/C=C(C)\C=C/c1ccnc(C)c1. The molecule has 15 heavy (non-hydrogen) atoms. The normalized spacial score (nSPS) is 12.9. The van der Waals surface area contributed by atoms with E-state index in [0.29, 0.717) is 0 Å². The predicted octanol–water partition coefficient (Wildman–Crippen LogP) is 3.93. The van der Waals surface area contributed by atoms with Crippen molar-refractivity contribution in [1.29, 1.82) is 0 Å². The molecule has 0 saturated heterocycles. The number of aryl methyl sites for hydroxylation is 1. The molecule has 0 unspecified atom stereocenters. The minimum absolute atomic E-state index is 1.05.